The van der Waals surface area contributed by atoms with E-state index in [2.05, 4.69) is 25.2 Å². The summed E-state index contributed by atoms with van der Waals surface area (Å²) in [6.07, 6.45) is 1.28. The predicted molar refractivity (Wildman–Crippen MR) is 91.2 cm³/mol. The molecule has 0 heterocycles. The zero-order valence-electron chi connectivity index (χ0n) is 13.2. The average Bonchev–Trinajstić information content (AvgIpc) is 2.41. The van der Waals surface area contributed by atoms with Gasteiger partial charge in [0.05, 0.1) is 12.9 Å². The van der Waals surface area contributed by atoms with Gasteiger partial charge in [0.15, 0.2) is 0 Å². The molecule has 0 saturated heterocycles. The highest BCUT2D eigenvalue weighted by atomic mass is 32.2. The Balaban J connectivity index is 2.75. The lowest BCUT2D eigenvalue weighted by atomic mass is 10.0. The van der Waals surface area contributed by atoms with Crippen LogP contribution >= 0.6 is 11.8 Å². The fourth-order valence-corrected chi connectivity index (χ4v) is 4.42. The smallest absolute Gasteiger partial charge is 0.148 e. The van der Waals surface area contributed by atoms with E-state index in [9.17, 15) is 8.42 Å². The van der Waals surface area contributed by atoms with Crippen molar-refractivity contribution in [3.05, 3.63) is 29.3 Å². The van der Waals surface area contributed by atoms with Gasteiger partial charge in [-0.25, -0.2) is 8.42 Å². The molecule has 1 unspecified atom stereocenters. The van der Waals surface area contributed by atoms with E-state index >= 15 is 0 Å². The molecule has 1 N–H and O–H groups in total. The van der Waals surface area contributed by atoms with Crippen LogP contribution in [0, 0.1) is 6.92 Å². The van der Waals surface area contributed by atoms with Crippen LogP contribution in [0.2, 0.25) is 0 Å². The summed E-state index contributed by atoms with van der Waals surface area (Å²) in [6, 6.07) is 6.30. The average molecular weight is 332 g/mol. The fourth-order valence-electron chi connectivity index (χ4n) is 2.04. The molecule has 0 amide bonds. The van der Waals surface area contributed by atoms with Gasteiger partial charge in [-0.2, -0.15) is 11.8 Å². The van der Waals surface area contributed by atoms with Crippen LogP contribution in [-0.2, 0) is 9.84 Å². The Morgan fingerprint density at radius 1 is 1.38 bits per heavy atom. The van der Waals surface area contributed by atoms with Crippen molar-refractivity contribution in [1.29, 1.82) is 0 Å². The van der Waals surface area contributed by atoms with E-state index in [-0.39, 0.29) is 11.8 Å². The molecule has 0 fully saturated rings. The van der Waals surface area contributed by atoms with Crippen molar-refractivity contribution in [2.75, 3.05) is 37.2 Å². The number of aryl methyl sites for hydroxylation is 1. The Morgan fingerprint density at radius 3 is 2.67 bits per heavy atom. The van der Waals surface area contributed by atoms with Crippen molar-refractivity contribution in [3.8, 4) is 5.75 Å². The van der Waals surface area contributed by atoms with Gasteiger partial charge in [0, 0.05) is 29.4 Å². The van der Waals surface area contributed by atoms with Gasteiger partial charge in [-0.05, 0) is 19.5 Å². The molecule has 0 aliphatic carbocycles. The first-order chi connectivity index (χ1) is 9.87. The topological polar surface area (TPSA) is 55.4 Å². The molecule has 1 rings (SSSR count). The number of rotatable bonds is 9. The maximum absolute atomic E-state index is 11.2. The number of benzene rings is 1. The van der Waals surface area contributed by atoms with Crippen LogP contribution < -0.4 is 10.1 Å². The van der Waals surface area contributed by atoms with E-state index in [0.717, 1.165) is 23.6 Å². The Bertz CT molecular complexity index is 544. The van der Waals surface area contributed by atoms with Crippen molar-refractivity contribution in [1.82, 2.24) is 5.32 Å². The third-order valence-electron chi connectivity index (χ3n) is 3.09. The quantitative estimate of drug-likeness (QED) is 0.704. The lowest BCUT2D eigenvalue weighted by Crippen LogP contribution is -2.24. The first-order valence-electron chi connectivity index (χ1n) is 7.00. The summed E-state index contributed by atoms with van der Waals surface area (Å²) in [7, 11) is -1.21. The highest BCUT2D eigenvalue weighted by Gasteiger charge is 2.16. The summed E-state index contributed by atoms with van der Waals surface area (Å²) in [6.45, 7) is 4.98. The van der Waals surface area contributed by atoms with Crippen LogP contribution in [0.5, 0.6) is 5.75 Å². The summed E-state index contributed by atoms with van der Waals surface area (Å²) in [5, 5.41) is 3.45. The zero-order valence-corrected chi connectivity index (χ0v) is 14.8. The molecule has 4 nitrogen and oxygen atoms in total. The van der Waals surface area contributed by atoms with Gasteiger partial charge < -0.3 is 10.1 Å². The molecule has 1 aromatic rings. The predicted octanol–water partition coefficient (Wildman–Crippen LogP) is 2.43. The lowest BCUT2D eigenvalue weighted by molar-refractivity contribution is 0.403. The molecule has 1 atom stereocenters. The van der Waals surface area contributed by atoms with Crippen molar-refractivity contribution in [2.24, 2.45) is 0 Å². The SMILES string of the molecule is CCNC(CSCCS(C)(=O)=O)c1cc(C)ccc1OC. The van der Waals surface area contributed by atoms with E-state index in [1.807, 2.05) is 12.1 Å². The highest BCUT2D eigenvalue weighted by Crippen LogP contribution is 2.28. The first kappa shape index (κ1) is 18.3. The minimum absolute atomic E-state index is 0.161. The minimum Gasteiger partial charge on any atom is -0.496 e. The monoisotopic (exact) mass is 331 g/mol. The number of nitrogens with one attached hydrogen (secondary N) is 1. The second-order valence-corrected chi connectivity index (χ2v) is 8.47. The Hall–Kier alpha value is -0.720. The molecule has 1 aromatic carbocycles. The molecular weight excluding hydrogens is 306 g/mol. The van der Waals surface area contributed by atoms with E-state index in [4.69, 9.17) is 4.74 Å². The van der Waals surface area contributed by atoms with E-state index in [0.29, 0.717) is 5.75 Å². The van der Waals surface area contributed by atoms with Crippen LogP contribution in [-0.4, -0.2) is 45.6 Å². The van der Waals surface area contributed by atoms with Gasteiger partial charge in [0.25, 0.3) is 0 Å². The van der Waals surface area contributed by atoms with Crippen LogP contribution in [0.1, 0.15) is 24.1 Å². The Morgan fingerprint density at radius 2 is 2.10 bits per heavy atom. The third kappa shape index (κ3) is 6.72. The zero-order chi connectivity index (χ0) is 15.9. The molecule has 0 radical (unpaired) electrons. The molecule has 21 heavy (non-hydrogen) atoms. The highest BCUT2D eigenvalue weighted by molar-refractivity contribution is 8.00. The first-order valence-corrected chi connectivity index (χ1v) is 10.2. The lowest BCUT2D eigenvalue weighted by Gasteiger charge is -2.21. The number of ether oxygens (including phenoxy) is 1. The minimum atomic E-state index is -2.88. The normalized spacial score (nSPS) is 13.1. The summed E-state index contributed by atoms with van der Waals surface area (Å²) in [5.41, 5.74) is 2.32. The Labute approximate surface area is 132 Å². The number of hydrogen-bond donors (Lipinski definition) is 1. The molecule has 0 aliphatic heterocycles. The number of sulfone groups is 1. The summed E-state index contributed by atoms with van der Waals surface area (Å²) >= 11 is 1.65. The summed E-state index contributed by atoms with van der Waals surface area (Å²) in [4.78, 5) is 0. The molecule has 0 bridgehead atoms. The van der Waals surface area contributed by atoms with Crippen molar-refractivity contribution in [2.45, 2.75) is 19.9 Å². The maximum Gasteiger partial charge on any atom is 0.148 e. The van der Waals surface area contributed by atoms with E-state index < -0.39 is 9.84 Å². The molecular formula is C15H25NO3S2. The van der Waals surface area contributed by atoms with Gasteiger partial charge in [-0.3, -0.25) is 0 Å². The van der Waals surface area contributed by atoms with Crippen LogP contribution in [0.3, 0.4) is 0 Å². The molecule has 0 spiro atoms. The van der Waals surface area contributed by atoms with Crippen molar-refractivity contribution < 1.29 is 13.2 Å². The standard InChI is InChI=1S/C15H25NO3S2/c1-5-16-14(11-20-8-9-21(4,17)18)13-10-12(2)6-7-15(13)19-3/h6-7,10,14,16H,5,8-9,11H2,1-4H3. The van der Waals surface area contributed by atoms with Gasteiger partial charge in [0.2, 0.25) is 0 Å². The third-order valence-corrected chi connectivity index (χ3v) is 5.36. The van der Waals surface area contributed by atoms with Crippen LogP contribution in [0.4, 0.5) is 0 Å². The van der Waals surface area contributed by atoms with Gasteiger partial charge in [-0.15, -0.1) is 0 Å². The number of thioether (sulfide) groups is 1. The van der Waals surface area contributed by atoms with Crippen molar-refractivity contribution >= 4 is 21.6 Å². The molecule has 0 saturated carbocycles. The maximum atomic E-state index is 11.2. The second-order valence-electron chi connectivity index (χ2n) is 5.06. The fraction of sp³-hybridized carbons (Fsp3) is 0.600. The van der Waals surface area contributed by atoms with Crippen molar-refractivity contribution in [3.63, 3.8) is 0 Å². The van der Waals surface area contributed by atoms with E-state index in [1.165, 1.54) is 11.8 Å². The van der Waals surface area contributed by atoms with E-state index in [1.54, 1.807) is 18.9 Å². The van der Waals surface area contributed by atoms with Gasteiger partial charge >= 0.3 is 0 Å². The van der Waals surface area contributed by atoms with Crippen LogP contribution in [0.15, 0.2) is 18.2 Å². The largest absolute Gasteiger partial charge is 0.496 e. The molecule has 0 aliphatic rings. The number of hydrogen-bond acceptors (Lipinski definition) is 5. The summed E-state index contributed by atoms with van der Waals surface area (Å²) in [5.74, 6) is 2.54. The molecule has 0 aromatic heterocycles. The second kappa shape index (κ2) is 8.66. The van der Waals surface area contributed by atoms with Gasteiger partial charge in [-0.1, -0.05) is 24.6 Å². The van der Waals surface area contributed by atoms with Gasteiger partial charge in [0.1, 0.15) is 15.6 Å². The Kier molecular flexibility index (Phi) is 7.56. The number of methoxy groups -OCH3 is 1. The molecule has 6 heteroatoms. The molecule has 120 valence electrons. The van der Waals surface area contributed by atoms with Crippen LogP contribution in [0.25, 0.3) is 0 Å². The summed E-state index contributed by atoms with van der Waals surface area (Å²) < 4.78 is 27.8.